The van der Waals surface area contributed by atoms with Crippen LogP contribution in [0.25, 0.3) is 0 Å². The summed E-state index contributed by atoms with van der Waals surface area (Å²) in [5.41, 5.74) is -0.863. The van der Waals surface area contributed by atoms with Crippen LogP contribution in [-0.4, -0.2) is 0 Å². The standard InChI is InChI=1S/C11H11F2N/c1-11(2,13)9-3-4-10(12)8(7-9)5-6-14/h3-4,7H,5H2,1-2H3. The fourth-order valence-corrected chi connectivity index (χ4v) is 1.17. The highest BCUT2D eigenvalue weighted by atomic mass is 19.1. The maximum Gasteiger partial charge on any atom is 0.130 e. The van der Waals surface area contributed by atoms with E-state index < -0.39 is 11.5 Å². The Hall–Kier alpha value is -1.43. The summed E-state index contributed by atoms with van der Waals surface area (Å²) in [4.78, 5) is 0. The Kier molecular flexibility index (Phi) is 2.85. The van der Waals surface area contributed by atoms with Crippen LogP contribution in [0.1, 0.15) is 25.0 Å². The number of rotatable bonds is 2. The summed E-state index contributed by atoms with van der Waals surface area (Å²) in [5, 5.41) is 8.43. The molecule has 1 nitrogen and oxygen atoms in total. The van der Waals surface area contributed by atoms with Crippen molar-refractivity contribution < 1.29 is 8.78 Å². The Morgan fingerprint density at radius 1 is 1.43 bits per heavy atom. The first-order valence-corrected chi connectivity index (χ1v) is 4.30. The summed E-state index contributed by atoms with van der Waals surface area (Å²) in [6.45, 7) is 2.80. The van der Waals surface area contributed by atoms with E-state index in [-0.39, 0.29) is 12.0 Å². The van der Waals surface area contributed by atoms with Gasteiger partial charge in [0, 0.05) is 5.56 Å². The summed E-state index contributed by atoms with van der Waals surface area (Å²) < 4.78 is 26.5. The SMILES string of the molecule is CC(C)(F)c1ccc(F)c(CC#N)c1. The van der Waals surface area contributed by atoms with Gasteiger partial charge >= 0.3 is 0 Å². The predicted molar refractivity (Wildman–Crippen MR) is 49.9 cm³/mol. The molecule has 1 aromatic rings. The maximum atomic E-state index is 13.5. The van der Waals surface area contributed by atoms with Gasteiger partial charge in [0.1, 0.15) is 11.5 Å². The minimum atomic E-state index is -1.50. The van der Waals surface area contributed by atoms with Gasteiger partial charge in [-0.25, -0.2) is 8.78 Å². The van der Waals surface area contributed by atoms with Crippen molar-refractivity contribution in [2.75, 3.05) is 0 Å². The quantitative estimate of drug-likeness (QED) is 0.711. The average molecular weight is 195 g/mol. The van der Waals surface area contributed by atoms with E-state index in [4.69, 9.17) is 5.26 Å². The van der Waals surface area contributed by atoms with Gasteiger partial charge in [-0.1, -0.05) is 6.07 Å². The van der Waals surface area contributed by atoms with Crippen LogP contribution >= 0.6 is 0 Å². The summed E-state index contributed by atoms with van der Waals surface area (Å²) in [5.74, 6) is -0.459. The van der Waals surface area contributed by atoms with Crippen molar-refractivity contribution in [1.82, 2.24) is 0 Å². The lowest BCUT2D eigenvalue weighted by atomic mass is 9.97. The van der Waals surface area contributed by atoms with Gasteiger partial charge in [-0.2, -0.15) is 5.26 Å². The van der Waals surface area contributed by atoms with Crippen LogP contribution < -0.4 is 0 Å². The molecule has 0 aliphatic carbocycles. The third-order valence-corrected chi connectivity index (χ3v) is 2.00. The first kappa shape index (κ1) is 10.6. The second-order valence-corrected chi connectivity index (χ2v) is 3.61. The highest BCUT2D eigenvalue weighted by molar-refractivity contribution is 5.30. The lowest BCUT2D eigenvalue weighted by Gasteiger charge is -2.15. The smallest absolute Gasteiger partial charge is 0.130 e. The molecular weight excluding hydrogens is 184 g/mol. The van der Waals surface area contributed by atoms with E-state index in [2.05, 4.69) is 0 Å². The molecule has 0 fully saturated rings. The number of halogens is 2. The van der Waals surface area contributed by atoms with E-state index in [1.54, 1.807) is 0 Å². The Labute approximate surface area is 82.0 Å². The number of alkyl halides is 1. The second-order valence-electron chi connectivity index (χ2n) is 3.61. The molecule has 0 saturated carbocycles. The van der Waals surface area contributed by atoms with Crippen LogP contribution in [0.15, 0.2) is 18.2 Å². The molecule has 74 valence electrons. The fourth-order valence-electron chi connectivity index (χ4n) is 1.17. The molecule has 0 unspecified atom stereocenters. The molecule has 1 aromatic carbocycles. The first-order chi connectivity index (χ1) is 6.45. The molecule has 0 saturated heterocycles. The Morgan fingerprint density at radius 2 is 2.07 bits per heavy atom. The minimum absolute atomic E-state index is 0.0320. The van der Waals surface area contributed by atoms with Crippen LogP contribution in [0.2, 0.25) is 0 Å². The highest BCUT2D eigenvalue weighted by Crippen LogP contribution is 2.26. The molecule has 0 amide bonds. The van der Waals surface area contributed by atoms with Gasteiger partial charge in [0.25, 0.3) is 0 Å². The molecule has 0 radical (unpaired) electrons. The van der Waals surface area contributed by atoms with Gasteiger partial charge in [0.2, 0.25) is 0 Å². The van der Waals surface area contributed by atoms with Gasteiger partial charge in [0.15, 0.2) is 0 Å². The van der Waals surface area contributed by atoms with Crippen molar-refractivity contribution in [3.63, 3.8) is 0 Å². The van der Waals surface area contributed by atoms with Crippen molar-refractivity contribution in [1.29, 1.82) is 5.26 Å². The molecular formula is C11H11F2N. The van der Waals surface area contributed by atoms with E-state index in [1.807, 2.05) is 6.07 Å². The number of hydrogen-bond acceptors (Lipinski definition) is 1. The molecule has 0 aliphatic heterocycles. The summed E-state index contributed by atoms with van der Waals surface area (Å²) >= 11 is 0. The molecule has 1 rings (SSSR count). The normalized spacial score (nSPS) is 11.1. The molecule has 0 aromatic heterocycles. The molecule has 0 atom stereocenters. The van der Waals surface area contributed by atoms with Crippen molar-refractivity contribution in [2.45, 2.75) is 25.9 Å². The maximum absolute atomic E-state index is 13.5. The molecule has 14 heavy (non-hydrogen) atoms. The summed E-state index contributed by atoms with van der Waals surface area (Å²) in [7, 11) is 0. The third-order valence-electron chi connectivity index (χ3n) is 2.00. The zero-order valence-corrected chi connectivity index (χ0v) is 8.14. The number of nitriles is 1. The van der Waals surface area contributed by atoms with E-state index in [0.717, 1.165) is 0 Å². The zero-order valence-electron chi connectivity index (χ0n) is 8.14. The molecule has 0 heterocycles. The van der Waals surface area contributed by atoms with E-state index in [0.29, 0.717) is 5.56 Å². The van der Waals surface area contributed by atoms with Gasteiger partial charge in [-0.05, 0) is 31.5 Å². The molecule has 0 N–H and O–H groups in total. The largest absolute Gasteiger partial charge is 0.239 e. The van der Waals surface area contributed by atoms with Crippen molar-refractivity contribution in [3.8, 4) is 6.07 Å². The lowest BCUT2D eigenvalue weighted by molar-refractivity contribution is 0.221. The topological polar surface area (TPSA) is 23.8 Å². The summed E-state index contributed by atoms with van der Waals surface area (Å²) in [6, 6.07) is 5.84. The average Bonchev–Trinajstić information content (AvgIpc) is 2.07. The predicted octanol–water partition coefficient (Wildman–Crippen LogP) is 3.10. The molecule has 0 bridgehead atoms. The van der Waals surface area contributed by atoms with Gasteiger partial charge in [-0.15, -0.1) is 0 Å². The number of hydrogen-bond donors (Lipinski definition) is 0. The second kappa shape index (κ2) is 3.75. The van der Waals surface area contributed by atoms with Crippen LogP contribution in [-0.2, 0) is 12.1 Å². The van der Waals surface area contributed by atoms with Crippen molar-refractivity contribution in [3.05, 3.63) is 35.1 Å². The molecule has 0 spiro atoms. The Bertz CT molecular complexity index is 372. The van der Waals surface area contributed by atoms with Crippen LogP contribution in [0.5, 0.6) is 0 Å². The fraction of sp³-hybridized carbons (Fsp3) is 0.364. The van der Waals surface area contributed by atoms with Crippen LogP contribution in [0.3, 0.4) is 0 Å². The molecule has 3 heteroatoms. The van der Waals surface area contributed by atoms with Crippen molar-refractivity contribution >= 4 is 0 Å². The Morgan fingerprint density at radius 3 is 2.57 bits per heavy atom. The highest BCUT2D eigenvalue weighted by Gasteiger charge is 2.19. The van der Waals surface area contributed by atoms with Crippen LogP contribution in [0.4, 0.5) is 8.78 Å². The van der Waals surface area contributed by atoms with Crippen LogP contribution in [0, 0.1) is 17.1 Å². The summed E-state index contributed by atoms with van der Waals surface area (Å²) in [6.07, 6.45) is -0.0320. The zero-order chi connectivity index (χ0) is 10.8. The number of benzene rings is 1. The lowest BCUT2D eigenvalue weighted by Crippen LogP contribution is -2.09. The third kappa shape index (κ3) is 2.29. The van der Waals surface area contributed by atoms with E-state index in [9.17, 15) is 8.78 Å². The van der Waals surface area contributed by atoms with Gasteiger partial charge in [-0.3, -0.25) is 0 Å². The monoisotopic (exact) mass is 195 g/mol. The number of nitrogens with zero attached hydrogens (tertiary/aromatic N) is 1. The van der Waals surface area contributed by atoms with Crippen molar-refractivity contribution in [2.24, 2.45) is 0 Å². The molecule has 0 aliphatic rings. The first-order valence-electron chi connectivity index (χ1n) is 4.30. The van der Waals surface area contributed by atoms with E-state index >= 15 is 0 Å². The van der Waals surface area contributed by atoms with Gasteiger partial charge in [0.05, 0.1) is 12.5 Å². The van der Waals surface area contributed by atoms with Gasteiger partial charge < -0.3 is 0 Å². The Balaban J connectivity index is 3.14. The van der Waals surface area contributed by atoms with E-state index in [1.165, 1.54) is 32.0 Å². The minimum Gasteiger partial charge on any atom is -0.239 e.